The van der Waals surface area contributed by atoms with Crippen molar-refractivity contribution in [1.29, 1.82) is 0 Å². The van der Waals surface area contributed by atoms with E-state index >= 15 is 0 Å². The van der Waals surface area contributed by atoms with E-state index in [-0.39, 0.29) is 5.56 Å². The maximum absolute atomic E-state index is 13.1. The first-order valence-corrected chi connectivity index (χ1v) is 12.1. The number of halogens is 3. The minimum Gasteiger partial charge on any atom is -0.386 e. The third-order valence-corrected chi connectivity index (χ3v) is 7.08. The first-order chi connectivity index (χ1) is 16.3. The SMILES string of the molecule is CC(C)[C@H]1CC[C@H](n2cc3cc(NC(=O)c4cccc(C(F)(F)F)c4)c(C(C)(C)O)cc3n2)CC1. The van der Waals surface area contributed by atoms with Crippen LogP contribution in [0, 0.1) is 11.8 Å². The van der Waals surface area contributed by atoms with Crippen molar-refractivity contribution >= 4 is 22.5 Å². The van der Waals surface area contributed by atoms with Gasteiger partial charge in [0.25, 0.3) is 5.91 Å². The number of benzene rings is 2. The van der Waals surface area contributed by atoms with Gasteiger partial charge in [-0.2, -0.15) is 18.3 Å². The van der Waals surface area contributed by atoms with Gasteiger partial charge in [0, 0.05) is 28.4 Å². The maximum atomic E-state index is 13.1. The molecule has 1 amide bonds. The lowest BCUT2D eigenvalue weighted by atomic mass is 9.80. The first-order valence-electron chi connectivity index (χ1n) is 12.1. The molecule has 1 aliphatic rings. The second-order valence-corrected chi connectivity index (χ2v) is 10.5. The standard InChI is InChI=1S/C27H32F3N3O2/c1-16(2)17-8-10-21(11-9-17)33-15-19-13-24(22(26(3,4)35)14-23(19)32-33)31-25(34)18-6-5-7-20(12-18)27(28,29)30/h5-7,12-17,21,35H,8-11H2,1-4H3,(H,31,34)/t17-,21-. The van der Waals surface area contributed by atoms with Crippen molar-refractivity contribution in [3.63, 3.8) is 0 Å². The van der Waals surface area contributed by atoms with E-state index in [4.69, 9.17) is 5.10 Å². The van der Waals surface area contributed by atoms with Crippen LogP contribution in [-0.4, -0.2) is 20.8 Å². The minimum atomic E-state index is -4.55. The number of alkyl halides is 3. The molecule has 0 saturated heterocycles. The number of anilines is 1. The third-order valence-electron chi connectivity index (χ3n) is 7.08. The second kappa shape index (κ2) is 9.30. The number of hydrogen-bond donors (Lipinski definition) is 2. The minimum absolute atomic E-state index is 0.112. The zero-order valence-electron chi connectivity index (χ0n) is 20.5. The van der Waals surface area contributed by atoms with Crippen LogP contribution >= 0.6 is 0 Å². The number of hydrogen-bond acceptors (Lipinski definition) is 3. The number of nitrogens with one attached hydrogen (secondary N) is 1. The van der Waals surface area contributed by atoms with Gasteiger partial charge in [0.1, 0.15) is 0 Å². The molecule has 0 unspecified atom stereocenters. The fraction of sp³-hybridized carbons (Fsp3) is 0.481. The highest BCUT2D eigenvalue weighted by Crippen LogP contribution is 2.38. The van der Waals surface area contributed by atoms with E-state index in [2.05, 4.69) is 19.2 Å². The number of nitrogens with zero attached hydrogens (tertiary/aromatic N) is 2. The summed E-state index contributed by atoms with van der Waals surface area (Å²) in [4.78, 5) is 12.9. The summed E-state index contributed by atoms with van der Waals surface area (Å²) in [5.41, 5.74) is -0.820. The summed E-state index contributed by atoms with van der Waals surface area (Å²) in [5, 5.41) is 19.0. The Morgan fingerprint density at radius 3 is 2.40 bits per heavy atom. The molecule has 0 spiro atoms. The summed E-state index contributed by atoms with van der Waals surface area (Å²) in [6.07, 6.45) is 1.82. The molecule has 0 bridgehead atoms. The summed E-state index contributed by atoms with van der Waals surface area (Å²) in [7, 11) is 0. The molecule has 0 radical (unpaired) electrons. The van der Waals surface area contributed by atoms with Gasteiger partial charge in [-0.05, 0) is 81.7 Å². The van der Waals surface area contributed by atoms with Crippen molar-refractivity contribution in [2.45, 2.75) is 71.2 Å². The van der Waals surface area contributed by atoms with Crippen LogP contribution in [0.5, 0.6) is 0 Å². The number of aliphatic hydroxyl groups is 1. The lowest BCUT2D eigenvalue weighted by Crippen LogP contribution is -2.21. The third kappa shape index (κ3) is 5.53. The average Bonchev–Trinajstić information content (AvgIpc) is 3.20. The van der Waals surface area contributed by atoms with Gasteiger partial charge in [0.05, 0.1) is 22.7 Å². The van der Waals surface area contributed by atoms with E-state index in [9.17, 15) is 23.1 Å². The van der Waals surface area contributed by atoms with Crippen molar-refractivity contribution in [2.24, 2.45) is 11.8 Å². The number of carbonyl (C=O) groups is 1. The molecular weight excluding hydrogens is 455 g/mol. The van der Waals surface area contributed by atoms with Gasteiger partial charge in [-0.3, -0.25) is 9.48 Å². The fourth-order valence-corrected chi connectivity index (χ4v) is 4.95. The van der Waals surface area contributed by atoms with E-state index in [1.54, 1.807) is 26.0 Å². The normalized spacial score (nSPS) is 19.3. The number of fused-ring (bicyclic) bond motifs is 1. The number of aromatic nitrogens is 2. The predicted octanol–water partition coefficient (Wildman–Crippen LogP) is 6.92. The maximum Gasteiger partial charge on any atom is 0.416 e. The zero-order chi connectivity index (χ0) is 25.5. The Bertz CT molecular complexity index is 1220. The Labute approximate surface area is 203 Å². The summed E-state index contributed by atoms with van der Waals surface area (Å²) in [6.45, 7) is 7.72. The fourth-order valence-electron chi connectivity index (χ4n) is 4.95. The summed E-state index contributed by atoms with van der Waals surface area (Å²) < 4.78 is 41.3. The summed E-state index contributed by atoms with van der Waals surface area (Å²) in [5.74, 6) is 0.723. The lowest BCUT2D eigenvalue weighted by molar-refractivity contribution is -0.137. The quantitative estimate of drug-likeness (QED) is 0.410. The highest BCUT2D eigenvalue weighted by atomic mass is 19.4. The summed E-state index contributed by atoms with van der Waals surface area (Å²) >= 11 is 0. The van der Waals surface area contributed by atoms with Crippen LogP contribution in [0.15, 0.2) is 42.6 Å². The van der Waals surface area contributed by atoms with Gasteiger partial charge in [-0.15, -0.1) is 0 Å². The molecule has 0 atom stereocenters. The van der Waals surface area contributed by atoms with Gasteiger partial charge < -0.3 is 10.4 Å². The number of rotatable bonds is 5. The van der Waals surface area contributed by atoms with E-state index in [0.29, 0.717) is 28.7 Å². The van der Waals surface area contributed by atoms with Crippen LogP contribution in [0.3, 0.4) is 0 Å². The van der Waals surface area contributed by atoms with Crippen molar-refractivity contribution < 1.29 is 23.1 Å². The van der Waals surface area contributed by atoms with Crippen LogP contribution in [0.25, 0.3) is 10.9 Å². The van der Waals surface area contributed by atoms with Gasteiger partial charge >= 0.3 is 6.18 Å². The molecule has 0 aliphatic heterocycles. The Balaban J connectivity index is 1.64. The largest absolute Gasteiger partial charge is 0.416 e. The molecule has 1 fully saturated rings. The van der Waals surface area contributed by atoms with E-state index in [0.717, 1.165) is 49.1 Å². The van der Waals surface area contributed by atoms with Crippen LogP contribution in [0.2, 0.25) is 0 Å². The van der Waals surface area contributed by atoms with E-state index < -0.39 is 23.2 Å². The van der Waals surface area contributed by atoms with Crippen LogP contribution in [-0.2, 0) is 11.8 Å². The monoisotopic (exact) mass is 487 g/mol. The predicted molar refractivity (Wildman–Crippen MR) is 130 cm³/mol. The molecule has 1 aromatic heterocycles. The van der Waals surface area contributed by atoms with Crippen molar-refractivity contribution in [2.75, 3.05) is 5.32 Å². The number of amides is 1. The molecule has 4 rings (SSSR count). The van der Waals surface area contributed by atoms with Gasteiger partial charge in [-0.25, -0.2) is 0 Å². The molecular formula is C27H32F3N3O2. The molecule has 2 N–H and O–H groups in total. The molecule has 1 saturated carbocycles. The molecule has 2 aromatic carbocycles. The molecule has 1 heterocycles. The van der Waals surface area contributed by atoms with Gasteiger partial charge in [0.15, 0.2) is 0 Å². The van der Waals surface area contributed by atoms with Crippen LogP contribution in [0.4, 0.5) is 18.9 Å². The Kier molecular flexibility index (Phi) is 6.70. The smallest absolute Gasteiger partial charge is 0.386 e. The van der Waals surface area contributed by atoms with Gasteiger partial charge in [0.2, 0.25) is 0 Å². The highest BCUT2D eigenvalue weighted by molar-refractivity contribution is 6.05. The topological polar surface area (TPSA) is 67.2 Å². The molecule has 35 heavy (non-hydrogen) atoms. The summed E-state index contributed by atoms with van der Waals surface area (Å²) in [6, 6.07) is 8.06. The van der Waals surface area contributed by atoms with E-state index in [1.165, 1.54) is 12.1 Å². The van der Waals surface area contributed by atoms with Crippen LogP contribution < -0.4 is 5.32 Å². The molecule has 188 valence electrons. The van der Waals surface area contributed by atoms with Crippen molar-refractivity contribution in [3.05, 3.63) is 59.3 Å². The second-order valence-electron chi connectivity index (χ2n) is 10.5. The lowest BCUT2D eigenvalue weighted by Gasteiger charge is -2.30. The zero-order valence-corrected chi connectivity index (χ0v) is 20.5. The average molecular weight is 488 g/mol. The Hall–Kier alpha value is -2.87. The van der Waals surface area contributed by atoms with Crippen molar-refractivity contribution in [3.8, 4) is 0 Å². The molecule has 8 heteroatoms. The van der Waals surface area contributed by atoms with E-state index in [1.807, 2.05) is 10.9 Å². The molecule has 5 nitrogen and oxygen atoms in total. The highest BCUT2D eigenvalue weighted by Gasteiger charge is 2.31. The molecule has 3 aromatic rings. The van der Waals surface area contributed by atoms with Crippen molar-refractivity contribution in [1.82, 2.24) is 9.78 Å². The Morgan fingerprint density at radius 2 is 1.80 bits per heavy atom. The number of carbonyl (C=O) groups excluding carboxylic acids is 1. The Morgan fingerprint density at radius 1 is 1.11 bits per heavy atom. The van der Waals surface area contributed by atoms with Crippen LogP contribution in [0.1, 0.15) is 80.9 Å². The first kappa shape index (κ1) is 25.2. The molecule has 1 aliphatic carbocycles. The van der Waals surface area contributed by atoms with Gasteiger partial charge in [-0.1, -0.05) is 19.9 Å².